The molecule has 0 amide bonds. The molecule has 3 heterocycles. The van der Waals surface area contributed by atoms with Crippen molar-refractivity contribution in [2.45, 2.75) is 37.9 Å². The molecule has 2 bridgehead atoms. The Hall–Kier alpha value is -0.760. The van der Waals surface area contributed by atoms with E-state index in [1.54, 1.807) is 0 Å². The molecule has 2 aliphatic heterocycles. The zero-order valence-corrected chi connectivity index (χ0v) is 10.4. The number of nitrogens with zero attached hydrogens (tertiary/aromatic N) is 3. The average Bonchev–Trinajstić information content (AvgIpc) is 2.75. The molecule has 1 aromatic heterocycles. The van der Waals surface area contributed by atoms with Gasteiger partial charge in [-0.15, -0.1) is 36.3 Å². The molecule has 1 saturated heterocycles. The van der Waals surface area contributed by atoms with Crippen molar-refractivity contribution < 1.29 is 0 Å². The first-order valence-corrected chi connectivity index (χ1v) is 5.00. The normalized spacial score (nSPS) is 24.9. The Labute approximate surface area is 107 Å². The van der Waals surface area contributed by atoms with E-state index >= 15 is 0 Å². The number of aromatic nitrogens is 3. The van der Waals surface area contributed by atoms with Crippen LogP contribution in [0, 0.1) is 12.3 Å². The van der Waals surface area contributed by atoms with E-state index in [9.17, 15) is 0 Å². The second-order valence-electron chi connectivity index (χ2n) is 3.98. The van der Waals surface area contributed by atoms with Crippen LogP contribution in [0.15, 0.2) is 0 Å². The molecule has 6 heteroatoms. The lowest BCUT2D eigenvalue weighted by molar-refractivity contribution is 0.491. The van der Waals surface area contributed by atoms with Crippen molar-refractivity contribution in [3.63, 3.8) is 0 Å². The van der Waals surface area contributed by atoms with Gasteiger partial charge in [0.25, 0.3) is 0 Å². The van der Waals surface area contributed by atoms with Crippen molar-refractivity contribution in [2.24, 2.45) is 0 Å². The zero-order chi connectivity index (χ0) is 9.54. The highest BCUT2D eigenvalue weighted by molar-refractivity contribution is 5.85. The molecular weight excluding hydrogens is 247 g/mol. The molecule has 1 N–H and O–H groups in total. The molecular formula is C10H14Cl2N4. The fraction of sp³-hybridized carbons (Fsp3) is 0.600. The molecule has 16 heavy (non-hydrogen) atoms. The van der Waals surface area contributed by atoms with Crippen LogP contribution in [0.1, 0.15) is 30.3 Å². The van der Waals surface area contributed by atoms with E-state index in [2.05, 4.69) is 21.5 Å². The molecule has 2 unspecified atom stereocenters. The largest absolute Gasteiger partial charge is 0.305 e. The van der Waals surface area contributed by atoms with Crippen LogP contribution in [0.5, 0.6) is 0 Å². The van der Waals surface area contributed by atoms with Gasteiger partial charge in [0.05, 0.1) is 11.7 Å². The number of hydrogen-bond acceptors (Lipinski definition) is 3. The van der Waals surface area contributed by atoms with Crippen LogP contribution in [0.25, 0.3) is 0 Å². The van der Waals surface area contributed by atoms with Gasteiger partial charge in [0.1, 0.15) is 12.2 Å². The van der Waals surface area contributed by atoms with Crippen LogP contribution in [0.4, 0.5) is 0 Å². The summed E-state index contributed by atoms with van der Waals surface area (Å²) in [6.07, 6.45) is 8.75. The molecule has 1 fully saturated rings. The Balaban J connectivity index is 0.000000640. The third-order valence-corrected chi connectivity index (χ3v) is 3.12. The van der Waals surface area contributed by atoms with Crippen molar-refractivity contribution in [1.29, 1.82) is 0 Å². The van der Waals surface area contributed by atoms with Gasteiger partial charge in [0.2, 0.25) is 0 Å². The van der Waals surface area contributed by atoms with Gasteiger partial charge in [-0.3, -0.25) is 0 Å². The number of hydrogen-bond donors (Lipinski definition) is 1. The lowest BCUT2D eigenvalue weighted by Crippen LogP contribution is -2.32. The summed E-state index contributed by atoms with van der Waals surface area (Å²) in [6.45, 7) is 0.543. The maximum absolute atomic E-state index is 5.28. The third kappa shape index (κ3) is 1.91. The quantitative estimate of drug-likeness (QED) is 0.770. The third-order valence-electron chi connectivity index (χ3n) is 3.12. The highest BCUT2D eigenvalue weighted by Crippen LogP contribution is 2.34. The Kier molecular flexibility index (Phi) is 4.20. The molecule has 0 spiro atoms. The van der Waals surface area contributed by atoms with Gasteiger partial charge in [-0.25, -0.2) is 4.68 Å². The van der Waals surface area contributed by atoms with E-state index < -0.39 is 0 Å². The molecule has 2 atom stereocenters. The van der Waals surface area contributed by atoms with E-state index in [1.807, 2.05) is 4.68 Å². The molecule has 0 saturated carbocycles. The first-order chi connectivity index (χ1) is 6.88. The SMILES string of the molecule is C#CCn1nnc2c1CC1CCC2N1.Cl.Cl. The van der Waals surface area contributed by atoms with Crippen molar-refractivity contribution >= 4 is 24.8 Å². The maximum Gasteiger partial charge on any atom is 0.103 e. The van der Waals surface area contributed by atoms with Gasteiger partial charge in [-0.2, -0.15) is 0 Å². The van der Waals surface area contributed by atoms with Crippen LogP contribution >= 0.6 is 24.8 Å². The summed E-state index contributed by atoms with van der Waals surface area (Å²) < 4.78 is 1.86. The highest BCUT2D eigenvalue weighted by Gasteiger charge is 2.35. The first-order valence-electron chi connectivity index (χ1n) is 5.00. The molecule has 0 radical (unpaired) electrons. The van der Waals surface area contributed by atoms with Gasteiger partial charge in [-0.1, -0.05) is 11.1 Å². The Bertz CT molecular complexity index is 409. The number of terminal acetylenes is 1. The van der Waals surface area contributed by atoms with E-state index in [-0.39, 0.29) is 24.8 Å². The maximum atomic E-state index is 5.28. The second-order valence-corrected chi connectivity index (χ2v) is 3.98. The summed E-state index contributed by atoms with van der Waals surface area (Å²) >= 11 is 0. The summed E-state index contributed by atoms with van der Waals surface area (Å²) in [4.78, 5) is 0. The Morgan fingerprint density at radius 1 is 1.44 bits per heavy atom. The Morgan fingerprint density at radius 3 is 3.00 bits per heavy atom. The van der Waals surface area contributed by atoms with E-state index in [0.717, 1.165) is 12.1 Å². The predicted molar refractivity (Wildman–Crippen MR) is 66.0 cm³/mol. The molecule has 3 rings (SSSR count). The minimum Gasteiger partial charge on any atom is -0.305 e. The van der Waals surface area contributed by atoms with E-state index in [4.69, 9.17) is 6.42 Å². The summed E-state index contributed by atoms with van der Waals surface area (Å²) in [7, 11) is 0. The highest BCUT2D eigenvalue weighted by atomic mass is 35.5. The van der Waals surface area contributed by atoms with Crippen molar-refractivity contribution in [3.05, 3.63) is 11.4 Å². The minimum atomic E-state index is 0. The molecule has 88 valence electrons. The van der Waals surface area contributed by atoms with Gasteiger partial charge in [0.15, 0.2) is 0 Å². The van der Waals surface area contributed by atoms with Gasteiger partial charge < -0.3 is 5.32 Å². The zero-order valence-electron chi connectivity index (χ0n) is 8.72. The van der Waals surface area contributed by atoms with Crippen LogP contribution in [-0.2, 0) is 13.0 Å². The van der Waals surface area contributed by atoms with Crippen molar-refractivity contribution in [1.82, 2.24) is 20.3 Å². The topological polar surface area (TPSA) is 42.7 Å². The van der Waals surface area contributed by atoms with Gasteiger partial charge in [-0.05, 0) is 12.8 Å². The second kappa shape index (κ2) is 5.05. The molecule has 0 aromatic carbocycles. The van der Waals surface area contributed by atoms with Crippen molar-refractivity contribution in [2.75, 3.05) is 0 Å². The molecule has 1 aromatic rings. The smallest absolute Gasteiger partial charge is 0.103 e. The van der Waals surface area contributed by atoms with Crippen LogP contribution in [-0.4, -0.2) is 21.0 Å². The lowest BCUT2D eigenvalue weighted by atomic mass is 10.1. The van der Waals surface area contributed by atoms with E-state index in [1.165, 1.54) is 18.5 Å². The number of rotatable bonds is 1. The molecule has 0 aliphatic carbocycles. The standard InChI is InChI=1S/C10H12N4.2ClH/c1-2-5-14-9-6-7-3-4-8(11-7)10(9)12-13-14;;/h1,7-8,11H,3-6H2;2*1H. The fourth-order valence-corrected chi connectivity index (χ4v) is 2.47. The van der Waals surface area contributed by atoms with E-state index in [0.29, 0.717) is 18.6 Å². The number of halogens is 2. The number of fused-ring (bicyclic) bond motifs is 4. The lowest BCUT2D eigenvalue weighted by Gasteiger charge is -2.20. The molecule has 4 nitrogen and oxygen atoms in total. The van der Waals surface area contributed by atoms with Crippen LogP contribution in [0.2, 0.25) is 0 Å². The molecule has 2 aliphatic rings. The summed E-state index contributed by atoms with van der Waals surface area (Å²) in [5.74, 6) is 2.61. The Morgan fingerprint density at radius 2 is 2.25 bits per heavy atom. The fourth-order valence-electron chi connectivity index (χ4n) is 2.47. The summed E-state index contributed by atoms with van der Waals surface area (Å²) in [5.41, 5.74) is 2.36. The van der Waals surface area contributed by atoms with Gasteiger partial charge in [0, 0.05) is 12.5 Å². The van der Waals surface area contributed by atoms with Crippen molar-refractivity contribution in [3.8, 4) is 12.3 Å². The van der Waals surface area contributed by atoms with Gasteiger partial charge >= 0.3 is 0 Å². The average molecular weight is 261 g/mol. The number of nitrogens with one attached hydrogen (secondary N) is 1. The van der Waals surface area contributed by atoms with Crippen LogP contribution in [0.3, 0.4) is 0 Å². The predicted octanol–water partition coefficient (Wildman–Crippen LogP) is 1.10. The summed E-state index contributed by atoms with van der Waals surface area (Å²) in [5, 5.41) is 11.8. The summed E-state index contributed by atoms with van der Waals surface area (Å²) in [6, 6.07) is 1.04. The van der Waals surface area contributed by atoms with Crippen LogP contribution < -0.4 is 5.32 Å². The monoisotopic (exact) mass is 260 g/mol. The first kappa shape index (κ1) is 13.3. The minimum absolute atomic E-state index is 0.